The highest BCUT2D eigenvalue weighted by Gasteiger charge is 2.25. The predicted molar refractivity (Wildman–Crippen MR) is 62.0 cm³/mol. The van der Waals surface area contributed by atoms with E-state index in [1.54, 1.807) is 18.2 Å². The largest absolute Gasteiger partial charge is 0.494 e. The van der Waals surface area contributed by atoms with Gasteiger partial charge in [0.2, 0.25) is 0 Å². The summed E-state index contributed by atoms with van der Waals surface area (Å²) in [7, 11) is 1.45. The van der Waals surface area contributed by atoms with E-state index in [4.69, 9.17) is 10.00 Å². The molecule has 0 radical (unpaired) electrons. The molecule has 0 aromatic heterocycles. The van der Waals surface area contributed by atoms with Crippen LogP contribution in [0.1, 0.15) is 18.4 Å². The van der Waals surface area contributed by atoms with Gasteiger partial charge in [-0.1, -0.05) is 12.1 Å². The first-order valence-electron chi connectivity index (χ1n) is 5.71. The summed E-state index contributed by atoms with van der Waals surface area (Å²) in [5, 5.41) is 8.97. The summed E-state index contributed by atoms with van der Waals surface area (Å²) in [4.78, 5) is 2.01. The molecule has 1 aromatic carbocycles. The third kappa shape index (κ3) is 2.40. The Balaban J connectivity index is 2.16. The monoisotopic (exact) mass is 234 g/mol. The standard InChI is InChI=1S/C13H15FN2O/c1-17-12-6-2-4-10(13(12)14)9-16-7-3-5-11(16)8-15/h2,4,6,11H,3,5,7,9H2,1H3. The number of halogens is 1. The summed E-state index contributed by atoms with van der Waals surface area (Å²) < 4.78 is 18.9. The molecule has 3 nitrogen and oxygen atoms in total. The Kier molecular flexibility index (Phi) is 3.60. The maximum atomic E-state index is 13.9. The molecule has 1 aromatic rings. The number of hydrogen-bond acceptors (Lipinski definition) is 3. The molecule has 90 valence electrons. The van der Waals surface area contributed by atoms with Crippen LogP contribution in [0.5, 0.6) is 5.75 Å². The van der Waals surface area contributed by atoms with Crippen molar-refractivity contribution >= 4 is 0 Å². The molecule has 0 amide bonds. The molecule has 1 heterocycles. The molecular formula is C13H15FN2O. The minimum absolute atomic E-state index is 0.0828. The van der Waals surface area contributed by atoms with E-state index < -0.39 is 0 Å². The van der Waals surface area contributed by atoms with E-state index in [-0.39, 0.29) is 17.6 Å². The molecule has 0 spiro atoms. The van der Waals surface area contributed by atoms with Gasteiger partial charge >= 0.3 is 0 Å². The molecule has 1 unspecified atom stereocenters. The number of likely N-dealkylation sites (tertiary alicyclic amines) is 1. The topological polar surface area (TPSA) is 36.3 Å². The van der Waals surface area contributed by atoms with Crippen LogP contribution in [0.25, 0.3) is 0 Å². The first-order chi connectivity index (χ1) is 8.26. The van der Waals surface area contributed by atoms with Crippen molar-refractivity contribution < 1.29 is 9.13 Å². The average molecular weight is 234 g/mol. The number of nitriles is 1. The van der Waals surface area contributed by atoms with E-state index >= 15 is 0 Å². The Hall–Kier alpha value is -1.60. The zero-order chi connectivity index (χ0) is 12.3. The molecule has 0 saturated carbocycles. The molecule has 0 aliphatic carbocycles. The molecule has 0 N–H and O–H groups in total. The van der Waals surface area contributed by atoms with Crippen LogP contribution in [0.2, 0.25) is 0 Å². The second-order valence-corrected chi connectivity index (χ2v) is 4.19. The van der Waals surface area contributed by atoms with Gasteiger partial charge in [-0.05, 0) is 25.5 Å². The minimum atomic E-state index is -0.321. The Morgan fingerprint density at radius 1 is 1.59 bits per heavy atom. The fourth-order valence-corrected chi connectivity index (χ4v) is 2.22. The highest BCUT2D eigenvalue weighted by molar-refractivity contribution is 5.31. The Labute approximate surface area is 100 Å². The van der Waals surface area contributed by atoms with Crippen molar-refractivity contribution in [1.29, 1.82) is 5.26 Å². The molecule has 1 atom stereocenters. The van der Waals surface area contributed by atoms with Crippen LogP contribution < -0.4 is 4.74 Å². The summed E-state index contributed by atoms with van der Waals surface area (Å²) in [6, 6.07) is 7.29. The number of methoxy groups -OCH3 is 1. The van der Waals surface area contributed by atoms with E-state index in [0.29, 0.717) is 12.1 Å². The van der Waals surface area contributed by atoms with Crippen molar-refractivity contribution in [2.24, 2.45) is 0 Å². The molecule has 1 saturated heterocycles. The number of nitrogens with zero attached hydrogens (tertiary/aromatic N) is 2. The van der Waals surface area contributed by atoms with Crippen molar-refractivity contribution in [2.75, 3.05) is 13.7 Å². The van der Waals surface area contributed by atoms with Gasteiger partial charge in [0, 0.05) is 12.1 Å². The number of ether oxygens (including phenoxy) is 1. The predicted octanol–water partition coefficient (Wildman–Crippen LogP) is 2.32. The molecule has 1 aliphatic heterocycles. The van der Waals surface area contributed by atoms with E-state index in [1.807, 2.05) is 4.90 Å². The minimum Gasteiger partial charge on any atom is -0.494 e. The lowest BCUT2D eigenvalue weighted by atomic mass is 10.1. The molecular weight excluding hydrogens is 219 g/mol. The van der Waals surface area contributed by atoms with Crippen LogP contribution in [-0.2, 0) is 6.54 Å². The van der Waals surface area contributed by atoms with Gasteiger partial charge in [-0.2, -0.15) is 5.26 Å². The lowest BCUT2D eigenvalue weighted by molar-refractivity contribution is 0.279. The highest BCUT2D eigenvalue weighted by Crippen LogP contribution is 2.24. The van der Waals surface area contributed by atoms with Crippen molar-refractivity contribution in [2.45, 2.75) is 25.4 Å². The lowest BCUT2D eigenvalue weighted by Gasteiger charge is -2.19. The maximum Gasteiger partial charge on any atom is 0.169 e. The zero-order valence-corrected chi connectivity index (χ0v) is 9.82. The van der Waals surface area contributed by atoms with Crippen molar-refractivity contribution in [1.82, 2.24) is 4.90 Å². The molecule has 0 bridgehead atoms. The van der Waals surface area contributed by atoms with Gasteiger partial charge in [-0.25, -0.2) is 4.39 Å². The lowest BCUT2D eigenvalue weighted by Crippen LogP contribution is -2.27. The van der Waals surface area contributed by atoms with Gasteiger partial charge in [0.15, 0.2) is 11.6 Å². The summed E-state index contributed by atoms with van der Waals surface area (Å²) >= 11 is 0. The molecule has 1 aliphatic rings. The van der Waals surface area contributed by atoms with Crippen LogP contribution in [-0.4, -0.2) is 24.6 Å². The van der Waals surface area contributed by atoms with Crippen LogP contribution in [0.4, 0.5) is 4.39 Å². The summed E-state index contributed by atoms with van der Waals surface area (Å²) in [6.07, 6.45) is 1.88. The maximum absolute atomic E-state index is 13.9. The van der Waals surface area contributed by atoms with E-state index in [0.717, 1.165) is 19.4 Å². The summed E-state index contributed by atoms with van der Waals surface area (Å²) in [5.74, 6) is -0.0613. The normalized spacial score (nSPS) is 20.2. The summed E-state index contributed by atoms with van der Waals surface area (Å²) in [5.41, 5.74) is 0.589. The smallest absolute Gasteiger partial charge is 0.169 e. The fourth-order valence-electron chi connectivity index (χ4n) is 2.22. The quantitative estimate of drug-likeness (QED) is 0.805. The van der Waals surface area contributed by atoms with Gasteiger partial charge in [-0.15, -0.1) is 0 Å². The highest BCUT2D eigenvalue weighted by atomic mass is 19.1. The number of rotatable bonds is 3. The van der Waals surface area contributed by atoms with E-state index in [9.17, 15) is 4.39 Å². The van der Waals surface area contributed by atoms with Crippen LogP contribution in [0, 0.1) is 17.1 Å². The molecule has 4 heteroatoms. The zero-order valence-electron chi connectivity index (χ0n) is 9.82. The van der Waals surface area contributed by atoms with Crippen LogP contribution in [0.15, 0.2) is 18.2 Å². The first-order valence-corrected chi connectivity index (χ1v) is 5.71. The number of hydrogen-bond donors (Lipinski definition) is 0. The van der Waals surface area contributed by atoms with Gasteiger partial charge in [0.25, 0.3) is 0 Å². The number of benzene rings is 1. The third-order valence-corrected chi connectivity index (χ3v) is 3.15. The molecule has 2 rings (SSSR count). The first kappa shape index (κ1) is 11.9. The van der Waals surface area contributed by atoms with Gasteiger partial charge in [0.05, 0.1) is 19.2 Å². The van der Waals surface area contributed by atoms with Crippen LogP contribution >= 0.6 is 0 Å². The Morgan fingerprint density at radius 3 is 3.12 bits per heavy atom. The van der Waals surface area contributed by atoms with E-state index in [2.05, 4.69) is 6.07 Å². The van der Waals surface area contributed by atoms with Crippen molar-refractivity contribution in [3.8, 4) is 11.8 Å². The second-order valence-electron chi connectivity index (χ2n) is 4.19. The van der Waals surface area contributed by atoms with Gasteiger partial charge in [0.1, 0.15) is 0 Å². The third-order valence-electron chi connectivity index (χ3n) is 3.15. The fraction of sp³-hybridized carbons (Fsp3) is 0.462. The average Bonchev–Trinajstić information content (AvgIpc) is 2.79. The second kappa shape index (κ2) is 5.15. The van der Waals surface area contributed by atoms with E-state index in [1.165, 1.54) is 7.11 Å². The molecule has 17 heavy (non-hydrogen) atoms. The van der Waals surface area contributed by atoms with Gasteiger partial charge in [-0.3, -0.25) is 4.90 Å². The summed E-state index contributed by atoms with van der Waals surface area (Å²) in [6.45, 7) is 1.33. The van der Waals surface area contributed by atoms with Gasteiger partial charge < -0.3 is 4.74 Å². The SMILES string of the molecule is COc1cccc(CN2CCCC2C#N)c1F. The van der Waals surface area contributed by atoms with Crippen LogP contribution in [0.3, 0.4) is 0 Å². The van der Waals surface area contributed by atoms with Crippen molar-refractivity contribution in [3.05, 3.63) is 29.6 Å². The molecule has 1 fully saturated rings. The Bertz CT molecular complexity index is 442. The Morgan fingerprint density at radius 2 is 2.41 bits per heavy atom. The van der Waals surface area contributed by atoms with Crippen molar-refractivity contribution in [3.63, 3.8) is 0 Å².